The minimum atomic E-state index is -0.281. The fraction of sp³-hybridized carbons (Fsp3) is 0.217. The van der Waals surface area contributed by atoms with E-state index in [0.717, 1.165) is 17.0 Å². The average molecular weight is 403 g/mol. The van der Waals surface area contributed by atoms with Gasteiger partial charge in [-0.05, 0) is 27.0 Å². The van der Waals surface area contributed by atoms with E-state index in [1.54, 1.807) is 42.5 Å². The van der Waals surface area contributed by atoms with E-state index in [9.17, 15) is 14.4 Å². The summed E-state index contributed by atoms with van der Waals surface area (Å²) in [6, 6.07) is 11.7. The molecule has 1 N–H and O–H groups in total. The summed E-state index contributed by atoms with van der Waals surface area (Å²) in [4.78, 5) is 40.3. The van der Waals surface area contributed by atoms with Crippen LogP contribution in [0, 0.1) is 13.8 Å². The number of rotatable bonds is 5. The van der Waals surface area contributed by atoms with E-state index in [1.165, 1.54) is 0 Å². The molecule has 0 spiro atoms. The molecule has 0 radical (unpaired) electrons. The summed E-state index contributed by atoms with van der Waals surface area (Å²) in [5.41, 5.74) is 3.36. The van der Waals surface area contributed by atoms with Crippen LogP contribution in [0.5, 0.6) is 0 Å². The van der Waals surface area contributed by atoms with Crippen LogP contribution >= 0.6 is 0 Å². The first kappa shape index (κ1) is 19.7. The third kappa shape index (κ3) is 3.44. The standard InChI is InChI=1S/C23H21N3O4/c1-13-18(14(2)30-25-13)11-26(3)12-20(27)24-19-10-6-9-17-21(19)23(29)16-8-5-4-7-15(16)22(17)28/h4-10H,11-12H2,1-3H3,(H,24,27). The van der Waals surface area contributed by atoms with E-state index in [0.29, 0.717) is 28.9 Å². The van der Waals surface area contributed by atoms with Crippen LogP contribution in [0.1, 0.15) is 48.9 Å². The van der Waals surface area contributed by atoms with Crippen molar-refractivity contribution in [3.8, 4) is 0 Å². The zero-order valence-corrected chi connectivity index (χ0v) is 17.0. The highest BCUT2D eigenvalue weighted by Crippen LogP contribution is 2.31. The molecule has 3 aromatic rings. The first-order valence-electron chi connectivity index (χ1n) is 9.58. The minimum Gasteiger partial charge on any atom is -0.361 e. The summed E-state index contributed by atoms with van der Waals surface area (Å²) in [7, 11) is 1.82. The Hall–Kier alpha value is -3.58. The third-order valence-electron chi connectivity index (χ3n) is 5.25. The van der Waals surface area contributed by atoms with E-state index in [4.69, 9.17) is 4.52 Å². The third-order valence-corrected chi connectivity index (χ3v) is 5.25. The van der Waals surface area contributed by atoms with Gasteiger partial charge in [-0.2, -0.15) is 0 Å². The molecule has 152 valence electrons. The topological polar surface area (TPSA) is 92.5 Å². The molecular formula is C23H21N3O4. The Balaban J connectivity index is 1.54. The normalized spacial score (nSPS) is 12.7. The number of anilines is 1. The largest absolute Gasteiger partial charge is 0.361 e. The van der Waals surface area contributed by atoms with Crippen molar-refractivity contribution in [2.24, 2.45) is 0 Å². The number of fused-ring (bicyclic) bond motifs is 2. The Bertz CT molecular complexity index is 1160. The van der Waals surface area contributed by atoms with Gasteiger partial charge < -0.3 is 9.84 Å². The number of carbonyl (C=O) groups excluding carboxylic acids is 3. The molecule has 7 nitrogen and oxygen atoms in total. The predicted octanol–water partition coefficient (Wildman–Crippen LogP) is 3.14. The lowest BCUT2D eigenvalue weighted by Gasteiger charge is -2.21. The molecule has 0 saturated carbocycles. The van der Waals surface area contributed by atoms with Crippen LogP contribution in [0.25, 0.3) is 0 Å². The highest BCUT2D eigenvalue weighted by Gasteiger charge is 2.31. The monoisotopic (exact) mass is 403 g/mol. The molecule has 0 fully saturated rings. The number of likely N-dealkylation sites (N-methyl/N-ethyl adjacent to an activating group) is 1. The summed E-state index contributed by atoms with van der Waals surface area (Å²) in [6.07, 6.45) is 0. The molecule has 0 aliphatic heterocycles. The van der Waals surface area contributed by atoms with Gasteiger partial charge in [-0.1, -0.05) is 41.6 Å². The van der Waals surface area contributed by atoms with Crippen LogP contribution in [0.4, 0.5) is 5.69 Å². The zero-order chi connectivity index (χ0) is 21.4. The number of amides is 1. The molecule has 1 heterocycles. The second kappa shape index (κ2) is 7.68. The average Bonchev–Trinajstić information content (AvgIpc) is 3.03. The Morgan fingerprint density at radius 1 is 1.00 bits per heavy atom. The van der Waals surface area contributed by atoms with Gasteiger partial charge in [0.15, 0.2) is 11.6 Å². The molecule has 1 amide bonds. The van der Waals surface area contributed by atoms with Crippen LogP contribution < -0.4 is 5.32 Å². The second-order valence-electron chi connectivity index (χ2n) is 7.46. The van der Waals surface area contributed by atoms with Crippen LogP contribution in [-0.4, -0.2) is 41.1 Å². The lowest BCUT2D eigenvalue weighted by molar-refractivity contribution is -0.117. The maximum Gasteiger partial charge on any atom is 0.238 e. The van der Waals surface area contributed by atoms with Crippen molar-refractivity contribution in [2.75, 3.05) is 18.9 Å². The number of nitrogens with one attached hydrogen (secondary N) is 1. The molecule has 0 unspecified atom stereocenters. The summed E-state index contributed by atoms with van der Waals surface area (Å²) >= 11 is 0. The molecular weight excluding hydrogens is 382 g/mol. The molecule has 2 aromatic carbocycles. The highest BCUT2D eigenvalue weighted by atomic mass is 16.5. The SMILES string of the molecule is Cc1noc(C)c1CN(C)CC(=O)Nc1cccc2c1C(=O)c1ccccc1C2=O. The van der Waals surface area contributed by atoms with Crippen molar-refractivity contribution in [2.45, 2.75) is 20.4 Å². The van der Waals surface area contributed by atoms with Gasteiger partial charge in [0.25, 0.3) is 0 Å². The van der Waals surface area contributed by atoms with Crippen LogP contribution in [-0.2, 0) is 11.3 Å². The van der Waals surface area contributed by atoms with Crippen molar-refractivity contribution >= 4 is 23.2 Å². The van der Waals surface area contributed by atoms with Crippen LogP contribution in [0.2, 0.25) is 0 Å². The Labute approximate surface area is 173 Å². The fourth-order valence-corrected chi connectivity index (χ4v) is 3.74. The van der Waals surface area contributed by atoms with Gasteiger partial charge >= 0.3 is 0 Å². The van der Waals surface area contributed by atoms with Crippen molar-refractivity contribution in [1.82, 2.24) is 10.1 Å². The zero-order valence-electron chi connectivity index (χ0n) is 17.0. The molecule has 1 aliphatic carbocycles. The van der Waals surface area contributed by atoms with Gasteiger partial charge in [-0.3, -0.25) is 19.3 Å². The molecule has 0 bridgehead atoms. The molecule has 30 heavy (non-hydrogen) atoms. The molecule has 1 aliphatic rings. The lowest BCUT2D eigenvalue weighted by atomic mass is 9.83. The van der Waals surface area contributed by atoms with Gasteiger partial charge in [0.2, 0.25) is 5.91 Å². The van der Waals surface area contributed by atoms with E-state index >= 15 is 0 Å². The number of carbonyl (C=O) groups is 3. The first-order chi connectivity index (χ1) is 14.4. The van der Waals surface area contributed by atoms with Crippen molar-refractivity contribution < 1.29 is 18.9 Å². The smallest absolute Gasteiger partial charge is 0.238 e. The van der Waals surface area contributed by atoms with Gasteiger partial charge in [0.1, 0.15) is 5.76 Å². The number of ketones is 2. The van der Waals surface area contributed by atoms with E-state index in [1.807, 2.05) is 25.8 Å². The molecule has 4 rings (SSSR count). The van der Waals surface area contributed by atoms with E-state index < -0.39 is 0 Å². The molecule has 0 atom stereocenters. The lowest BCUT2D eigenvalue weighted by Crippen LogP contribution is -2.31. The number of aryl methyl sites for hydroxylation is 2. The quantitative estimate of drug-likeness (QED) is 0.550. The Morgan fingerprint density at radius 3 is 2.33 bits per heavy atom. The Morgan fingerprint density at radius 2 is 1.67 bits per heavy atom. The highest BCUT2D eigenvalue weighted by molar-refractivity contribution is 6.30. The summed E-state index contributed by atoms with van der Waals surface area (Å²) in [5, 5.41) is 6.73. The summed E-state index contributed by atoms with van der Waals surface area (Å²) in [6.45, 7) is 4.30. The number of aromatic nitrogens is 1. The number of nitrogens with zero attached hydrogens (tertiary/aromatic N) is 2. The molecule has 1 aromatic heterocycles. The van der Waals surface area contributed by atoms with Crippen LogP contribution in [0.3, 0.4) is 0 Å². The van der Waals surface area contributed by atoms with Crippen molar-refractivity contribution in [3.05, 3.63) is 81.7 Å². The fourth-order valence-electron chi connectivity index (χ4n) is 3.74. The van der Waals surface area contributed by atoms with Gasteiger partial charge in [0.05, 0.1) is 23.5 Å². The minimum absolute atomic E-state index is 0.104. The second-order valence-corrected chi connectivity index (χ2v) is 7.46. The number of hydrogen-bond acceptors (Lipinski definition) is 6. The van der Waals surface area contributed by atoms with E-state index in [2.05, 4.69) is 10.5 Å². The molecule has 7 heteroatoms. The maximum atomic E-state index is 13.0. The van der Waals surface area contributed by atoms with Gasteiger partial charge in [-0.25, -0.2) is 0 Å². The van der Waals surface area contributed by atoms with Gasteiger partial charge in [-0.15, -0.1) is 0 Å². The Kier molecular flexibility index (Phi) is 5.05. The summed E-state index contributed by atoms with van der Waals surface area (Å²) < 4.78 is 5.16. The van der Waals surface area contributed by atoms with E-state index in [-0.39, 0.29) is 29.6 Å². The first-order valence-corrected chi connectivity index (χ1v) is 9.58. The van der Waals surface area contributed by atoms with Gasteiger partial charge in [0, 0.05) is 28.8 Å². The predicted molar refractivity (Wildman–Crippen MR) is 111 cm³/mol. The van der Waals surface area contributed by atoms with Crippen molar-refractivity contribution in [3.63, 3.8) is 0 Å². The molecule has 0 saturated heterocycles. The number of hydrogen-bond donors (Lipinski definition) is 1. The summed E-state index contributed by atoms with van der Waals surface area (Å²) in [5.74, 6) is -0.0385. The van der Waals surface area contributed by atoms with Crippen molar-refractivity contribution in [1.29, 1.82) is 0 Å². The number of benzene rings is 2. The maximum absolute atomic E-state index is 13.0. The van der Waals surface area contributed by atoms with Crippen LogP contribution in [0.15, 0.2) is 47.0 Å².